The van der Waals surface area contributed by atoms with Gasteiger partial charge in [-0.25, -0.2) is 4.98 Å². The predicted octanol–water partition coefficient (Wildman–Crippen LogP) is 2.59. The fourth-order valence-electron chi connectivity index (χ4n) is 2.17. The van der Waals surface area contributed by atoms with Gasteiger partial charge in [-0.1, -0.05) is 30.3 Å². The summed E-state index contributed by atoms with van der Waals surface area (Å²) in [6.07, 6.45) is 5.33. The molecule has 1 amide bonds. The molecule has 3 rings (SSSR count). The molecule has 0 radical (unpaired) electrons. The molecule has 0 aliphatic heterocycles. The number of pyridine rings is 1. The van der Waals surface area contributed by atoms with Gasteiger partial charge in [-0.3, -0.25) is 4.79 Å². The summed E-state index contributed by atoms with van der Waals surface area (Å²) in [6, 6.07) is 13.2. The van der Waals surface area contributed by atoms with Crippen molar-refractivity contribution in [1.29, 1.82) is 0 Å². The molecule has 0 aliphatic carbocycles. The molecule has 3 aromatic rings. The zero-order valence-electron chi connectivity index (χ0n) is 10.7. The number of hydrogen-bond donors (Lipinski definition) is 2. The van der Waals surface area contributed by atoms with Crippen LogP contribution in [0.15, 0.2) is 54.9 Å². The van der Waals surface area contributed by atoms with Crippen molar-refractivity contribution in [2.75, 3.05) is 0 Å². The molecule has 98 valence electrons. The Balaban J connectivity index is 2.15. The summed E-state index contributed by atoms with van der Waals surface area (Å²) >= 11 is 0. The normalized spacial score (nSPS) is 11.7. The number of benzene rings is 1. The van der Waals surface area contributed by atoms with Gasteiger partial charge in [0.15, 0.2) is 0 Å². The number of nitrogens with two attached hydrogens (primary N) is 1. The van der Waals surface area contributed by atoms with Gasteiger partial charge in [-0.05, 0) is 23.8 Å². The molecule has 2 aromatic heterocycles. The lowest BCUT2D eigenvalue weighted by atomic mass is 10.0. The van der Waals surface area contributed by atoms with E-state index in [0.717, 1.165) is 22.2 Å². The Morgan fingerprint density at radius 1 is 1.15 bits per heavy atom. The monoisotopic (exact) mass is 263 g/mol. The van der Waals surface area contributed by atoms with E-state index in [2.05, 4.69) is 9.97 Å². The minimum absolute atomic E-state index is 0.450. The molecule has 2 heterocycles. The van der Waals surface area contributed by atoms with Crippen LogP contribution in [-0.2, 0) is 4.79 Å². The van der Waals surface area contributed by atoms with E-state index in [1.165, 1.54) is 0 Å². The van der Waals surface area contributed by atoms with E-state index in [1.807, 2.05) is 48.7 Å². The molecule has 0 saturated heterocycles. The summed E-state index contributed by atoms with van der Waals surface area (Å²) in [5.74, 6) is -0.450. The number of H-pyrrole nitrogens is 1. The molecule has 3 N–H and O–H groups in total. The largest absolute Gasteiger partial charge is 0.366 e. The van der Waals surface area contributed by atoms with E-state index in [-0.39, 0.29) is 0 Å². The summed E-state index contributed by atoms with van der Waals surface area (Å²) in [6.45, 7) is 0. The molecule has 1 aromatic carbocycles. The maximum absolute atomic E-state index is 11.7. The van der Waals surface area contributed by atoms with Gasteiger partial charge in [0.05, 0.1) is 0 Å². The van der Waals surface area contributed by atoms with Crippen LogP contribution in [-0.4, -0.2) is 15.9 Å². The Labute approximate surface area is 116 Å². The summed E-state index contributed by atoms with van der Waals surface area (Å²) < 4.78 is 0. The van der Waals surface area contributed by atoms with Crippen LogP contribution in [0, 0.1) is 0 Å². The van der Waals surface area contributed by atoms with Crippen LogP contribution in [0.25, 0.3) is 22.7 Å². The number of hydrogen-bond acceptors (Lipinski definition) is 2. The van der Waals surface area contributed by atoms with Crippen LogP contribution in [0.1, 0.15) is 11.1 Å². The van der Waals surface area contributed by atoms with Gasteiger partial charge in [0.25, 0.3) is 0 Å². The number of nitrogens with one attached hydrogen (secondary N) is 1. The molecule has 0 unspecified atom stereocenters. The highest BCUT2D eigenvalue weighted by Crippen LogP contribution is 2.22. The number of fused-ring (bicyclic) bond motifs is 1. The molecular formula is C16H13N3O. The van der Waals surface area contributed by atoms with E-state index in [1.54, 1.807) is 12.3 Å². The number of carbonyl (C=O) groups is 1. The van der Waals surface area contributed by atoms with Crippen LogP contribution in [0.2, 0.25) is 0 Å². The molecule has 20 heavy (non-hydrogen) atoms. The van der Waals surface area contributed by atoms with Crippen molar-refractivity contribution >= 4 is 28.6 Å². The second kappa shape index (κ2) is 5.01. The second-order valence-corrected chi connectivity index (χ2v) is 4.43. The molecule has 0 spiro atoms. The van der Waals surface area contributed by atoms with Crippen molar-refractivity contribution in [2.45, 2.75) is 0 Å². The van der Waals surface area contributed by atoms with Gasteiger partial charge in [0, 0.05) is 28.9 Å². The zero-order valence-corrected chi connectivity index (χ0v) is 10.7. The standard InChI is InChI=1S/C16H13N3O/c17-15(20)14(11-5-2-1-3-6-11)9-12-10-19-16-13(12)7-4-8-18-16/h1-10H,(H2,17,20)(H,18,19)/b14-9-. The quantitative estimate of drug-likeness (QED) is 0.713. The Morgan fingerprint density at radius 3 is 2.70 bits per heavy atom. The van der Waals surface area contributed by atoms with Gasteiger partial charge in [0.2, 0.25) is 5.91 Å². The lowest BCUT2D eigenvalue weighted by Crippen LogP contribution is -2.12. The average molecular weight is 263 g/mol. The van der Waals surface area contributed by atoms with Crippen molar-refractivity contribution in [3.63, 3.8) is 0 Å². The third kappa shape index (κ3) is 2.19. The van der Waals surface area contributed by atoms with Gasteiger partial charge < -0.3 is 10.7 Å². The first-order valence-corrected chi connectivity index (χ1v) is 6.25. The lowest BCUT2D eigenvalue weighted by Gasteiger charge is -2.03. The van der Waals surface area contributed by atoms with E-state index < -0.39 is 5.91 Å². The lowest BCUT2D eigenvalue weighted by molar-refractivity contribution is -0.112. The van der Waals surface area contributed by atoms with Gasteiger partial charge >= 0.3 is 0 Å². The first-order chi connectivity index (χ1) is 9.75. The molecule has 4 heteroatoms. The van der Waals surface area contributed by atoms with Crippen LogP contribution >= 0.6 is 0 Å². The maximum Gasteiger partial charge on any atom is 0.249 e. The van der Waals surface area contributed by atoms with Crippen molar-refractivity contribution in [3.05, 3.63) is 66.0 Å². The summed E-state index contributed by atoms with van der Waals surface area (Å²) in [5, 5.41) is 0.960. The number of primary amides is 1. The third-order valence-electron chi connectivity index (χ3n) is 3.13. The Hall–Kier alpha value is -2.88. The first kappa shape index (κ1) is 12.2. The molecular weight excluding hydrogens is 250 g/mol. The van der Waals surface area contributed by atoms with Crippen molar-refractivity contribution < 1.29 is 4.79 Å². The SMILES string of the molecule is NC(=O)/C(=C\c1c[nH]c2ncccc12)c1ccccc1. The fourth-order valence-corrected chi connectivity index (χ4v) is 2.17. The van der Waals surface area contributed by atoms with Crippen molar-refractivity contribution in [1.82, 2.24) is 9.97 Å². The van der Waals surface area contributed by atoms with Gasteiger partial charge in [-0.2, -0.15) is 0 Å². The van der Waals surface area contributed by atoms with Crippen molar-refractivity contribution in [3.8, 4) is 0 Å². The van der Waals surface area contributed by atoms with Crippen LogP contribution in [0.3, 0.4) is 0 Å². The summed E-state index contributed by atoms with van der Waals surface area (Å²) in [7, 11) is 0. The number of aromatic amines is 1. The number of rotatable bonds is 3. The number of amides is 1. The van der Waals surface area contributed by atoms with E-state index >= 15 is 0 Å². The fraction of sp³-hybridized carbons (Fsp3) is 0. The minimum Gasteiger partial charge on any atom is -0.366 e. The first-order valence-electron chi connectivity index (χ1n) is 6.25. The highest BCUT2D eigenvalue weighted by Gasteiger charge is 2.10. The predicted molar refractivity (Wildman–Crippen MR) is 79.6 cm³/mol. The smallest absolute Gasteiger partial charge is 0.249 e. The molecule has 0 fully saturated rings. The molecule has 0 atom stereocenters. The van der Waals surface area contributed by atoms with E-state index in [0.29, 0.717) is 5.57 Å². The maximum atomic E-state index is 11.7. The Kier molecular flexibility index (Phi) is 3.05. The highest BCUT2D eigenvalue weighted by molar-refractivity contribution is 6.24. The van der Waals surface area contributed by atoms with E-state index in [4.69, 9.17) is 5.73 Å². The minimum atomic E-state index is -0.450. The van der Waals surface area contributed by atoms with E-state index in [9.17, 15) is 4.79 Å². The second-order valence-electron chi connectivity index (χ2n) is 4.43. The van der Waals surface area contributed by atoms with Crippen LogP contribution < -0.4 is 5.73 Å². The van der Waals surface area contributed by atoms with Gasteiger partial charge in [0.1, 0.15) is 5.65 Å². The number of carbonyl (C=O) groups excluding carboxylic acids is 1. The van der Waals surface area contributed by atoms with Crippen LogP contribution in [0.4, 0.5) is 0 Å². The Bertz CT molecular complexity index is 788. The average Bonchev–Trinajstić information content (AvgIpc) is 2.88. The van der Waals surface area contributed by atoms with Gasteiger partial charge in [-0.15, -0.1) is 0 Å². The molecule has 0 saturated carbocycles. The summed E-state index contributed by atoms with van der Waals surface area (Å²) in [5.41, 5.74) is 8.46. The molecule has 4 nitrogen and oxygen atoms in total. The topological polar surface area (TPSA) is 71.8 Å². The third-order valence-corrected chi connectivity index (χ3v) is 3.13. The molecule has 0 aliphatic rings. The Morgan fingerprint density at radius 2 is 1.95 bits per heavy atom. The number of nitrogens with zero attached hydrogens (tertiary/aromatic N) is 1. The van der Waals surface area contributed by atoms with Crippen LogP contribution in [0.5, 0.6) is 0 Å². The zero-order chi connectivity index (χ0) is 13.9. The van der Waals surface area contributed by atoms with Crippen molar-refractivity contribution in [2.24, 2.45) is 5.73 Å². The number of aromatic nitrogens is 2. The highest BCUT2D eigenvalue weighted by atomic mass is 16.1. The summed E-state index contributed by atoms with van der Waals surface area (Å²) in [4.78, 5) is 19.0. The molecule has 0 bridgehead atoms.